The average molecular weight is 411 g/mol. The van der Waals surface area contributed by atoms with Gasteiger partial charge in [-0.25, -0.2) is 0 Å². The van der Waals surface area contributed by atoms with Crippen molar-refractivity contribution in [1.29, 1.82) is 0 Å². The van der Waals surface area contributed by atoms with Crippen molar-refractivity contribution in [3.8, 4) is 0 Å². The first-order valence-corrected chi connectivity index (χ1v) is 16.6. The number of unbranched alkanes of at least 4 members (excludes halogenated alkanes) is 3. The average Bonchev–Trinajstić information content (AvgIpc) is 2.55. The molecule has 1 aromatic rings. The maximum atomic E-state index is 15.3. The predicted molar refractivity (Wildman–Crippen MR) is 100 cm³/mol. The van der Waals surface area contributed by atoms with Crippen molar-refractivity contribution in [2.75, 3.05) is 0 Å². The van der Waals surface area contributed by atoms with E-state index in [0.29, 0.717) is 3.84 Å². The Hall–Kier alpha value is -0.311. The molecule has 0 aromatic heterocycles. The maximum absolute atomic E-state index is 15.3. The molecule has 0 radical (unpaired) electrons. The summed E-state index contributed by atoms with van der Waals surface area (Å²) in [5.74, 6) is 0. The Morgan fingerprint density at radius 3 is 1.73 bits per heavy atom. The van der Waals surface area contributed by atoms with E-state index in [2.05, 4.69) is 20.8 Å². The third-order valence-electron chi connectivity index (χ3n) is 4.63. The van der Waals surface area contributed by atoms with E-state index in [1.165, 1.54) is 51.8 Å². The van der Waals surface area contributed by atoms with Gasteiger partial charge in [0.2, 0.25) is 0 Å². The predicted octanol–water partition coefficient (Wildman–Crippen LogP) is 7.39. The van der Waals surface area contributed by atoms with Gasteiger partial charge in [-0.3, -0.25) is 0 Å². The van der Waals surface area contributed by atoms with Crippen molar-refractivity contribution in [2.24, 2.45) is 0 Å². The van der Waals surface area contributed by atoms with Gasteiger partial charge in [-0.15, -0.1) is 0 Å². The Bertz CT molecular complexity index is 403. The van der Waals surface area contributed by atoms with Gasteiger partial charge < -0.3 is 0 Å². The molecule has 0 amide bonds. The Morgan fingerprint density at radius 2 is 1.32 bits per heavy atom. The van der Waals surface area contributed by atoms with Gasteiger partial charge in [0.15, 0.2) is 0 Å². The molecule has 0 nitrogen and oxygen atoms in total. The van der Waals surface area contributed by atoms with E-state index in [1.54, 1.807) is 0 Å². The van der Waals surface area contributed by atoms with Crippen LogP contribution in [-0.2, 0) is 0 Å². The van der Waals surface area contributed by atoms with Crippen LogP contribution in [0.4, 0.5) is 4.39 Å². The topological polar surface area (TPSA) is 0 Å². The molecule has 124 valence electrons. The fourth-order valence-electron chi connectivity index (χ4n) is 3.13. The van der Waals surface area contributed by atoms with Crippen LogP contribution in [0.5, 0.6) is 0 Å². The summed E-state index contributed by atoms with van der Waals surface area (Å²) in [5.41, 5.74) is 1.03. The molecule has 0 saturated carbocycles. The normalized spacial score (nSPS) is 12.6. The minimum absolute atomic E-state index is 0.316. The van der Waals surface area contributed by atoms with Crippen LogP contribution in [0.3, 0.4) is 0 Å². The van der Waals surface area contributed by atoms with Crippen molar-refractivity contribution < 1.29 is 4.39 Å². The summed E-state index contributed by atoms with van der Waals surface area (Å²) in [5, 5.41) is 0. The second kappa shape index (κ2) is 11.3. The number of hydrogen-bond acceptors (Lipinski definition) is 0. The second-order valence-corrected chi connectivity index (χ2v) is 19.4. The molecule has 0 bridgehead atoms. The molecule has 0 aliphatic carbocycles. The molecule has 0 unspecified atom stereocenters. The third-order valence-corrected chi connectivity index (χ3v) is 19.2. The number of benzene rings is 1. The summed E-state index contributed by atoms with van der Waals surface area (Å²) < 4.78 is 19.2. The molecule has 0 fully saturated rings. The molecule has 1 rings (SSSR count). The van der Waals surface area contributed by atoms with Gasteiger partial charge in [0.05, 0.1) is 0 Å². The van der Waals surface area contributed by atoms with Crippen LogP contribution in [0.1, 0.15) is 64.9 Å². The molecule has 0 heterocycles. The molecule has 0 aliphatic rings. The van der Waals surface area contributed by atoms with E-state index in [9.17, 15) is 0 Å². The van der Waals surface area contributed by atoms with Crippen molar-refractivity contribution in [3.63, 3.8) is 0 Å². The van der Waals surface area contributed by atoms with Crippen molar-refractivity contribution >= 4 is 24.5 Å². The van der Waals surface area contributed by atoms with Gasteiger partial charge in [0.1, 0.15) is 0 Å². The van der Waals surface area contributed by atoms with Crippen LogP contribution in [-0.4, -0.2) is 18.4 Å². The Balaban J connectivity index is 3.04. The quantitative estimate of drug-likeness (QED) is 0.333. The zero-order valence-corrected chi connectivity index (χ0v) is 17.6. The van der Waals surface area contributed by atoms with Gasteiger partial charge in [0, 0.05) is 0 Å². The van der Waals surface area contributed by atoms with Gasteiger partial charge in [-0.2, -0.15) is 0 Å². The first-order valence-electron chi connectivity index (χ1n) is 9.11. The summed E-state index contributed by atoms with van der Waals surface area (Å²) in [6.45, 7) is 6.69. The SMILES string of the molecule is CCC[CH2][Sn]([CH2]CCC)([CH2]CCC)/[C](F)=C\c1ccccc1. The molecule has 0 atom stereocenters. The molecule has 1 aromatic carbocycles. The molecule has 2 heteroatoms. The Kier molecular flexibility index (Phi) is 10.1. The fourth-order valence-corrected chi connectivity index (χ4v) is 17.5. The molecule has 0 spiro atoms. The monoisotopic (exact) mass is 412 g/mol. The third kappa shape index (κ3) is 6.44. The summed E-state index contributed by atoms with van der Waals surface area (Å²) in [7, 11) is 0. The van der Waals surface area contributed by atoms with Crippen molar-refractivity contribution in [2.45, 2.75) is 72.6 Å². The zero-order valence-electron chi connectivity index (χ0n) is 14.7. The van der Waals surface area contributed by atoms with Crippen LogP contribution in [0.2, 0.25) is 13.3 Å². The molecular formula is C20H33FSn. The summed E-state index contributed by atoms with van der Waals surface area (Å²) >= 11 is -2.83. The zero-order chi connectivity index (χ0) is 16.3. The molecule has 0 aliphatic heterocycles. The summed E-state index contributed by atoms with van der Waals surface area (Å²) in [4.78, 5) is 0. The fraction of sp³-hybridized carbons (Fsp3) is 0.600. The van der Waals surface area contributed by atoms with E-state index in [1.807, 2.05) is 36.4 Å². The molecular weight excluding hydrogens is 378 g/mol. The van der Waals surface area contributed by atoms with E-state index < -0.39 is 18.4 Å². The van der Waals surface area contributed by atoms with Gasteiger partial charge in [-0.1, -0.05) is 0 Å². The first-order chi connectivity index (χ1) is 10.7. The van der Waals surface area contributed by atoms with Gasteiger partial charge in [0.25, 0.3) is 0 Å². The number of rotatable bonds is 11. The Labute approximate surface area is 141 Å². The second-order valence-electron chi connectivity index (χ2n) is 6.49. The van der Waals surface area contributed by atoms with E-state index in [-0.39, 0.29) is 0 Å². The number of halogens is 1. The number of hydrogen-bond donors (Lipinski definition) is 0. The standard InChI is InChI=1S/C8H6F.3C4H9.Sn/c9-7-6-8-4-2-1-3-5-8;3*1-3-4-2;/h1-6H;3*1,3-4H2,2H3;. The van der Waals surface area contributed by atoms with Crippen LogP contribution in [0.15, 0.2) is 34.2 Å². The van der Waals surface area contributed by atoms with Gasteiger partial charge >= 0.3 is 141 Å². The molecule has 0 saturated heterocycles. The first kappa shape index (κ1) is 19.7. The van der Waals surface area contributed by atoms with Crippen molar-refractivity contribution in [3.05, 3.63) is 39.7 Å². The van der Waals surface area contributed by atoms with Crippen molar-refractivity contribution in [1.82, 2.24) is 0 Å². The Morgan fingerprint density at radius 1 is 0.864 bits per heavy atom. The van der Waals surface area contributed by atoms with Crippen LogP contribution in [0, 0.1) is 0 Å². The molecule has 0 N–H and O–H groups in total. The van der Waals surface area contributed by atoms with E-state index in [0.717, 1.165) is 5.56 Å². The van der Waals surface area contributed by atoms with Crippen LogP contribution < -0.4 is 0 Å². The molecule has 22 heavy (non-hydrogen) atoms. The van der Waals surface area contributed by atoms with Crippen LogP contribution in [0.25, 0.3) is 6.08 Å². The van der Waals surface area contributed by atoms with Gasteiger partial charge in [-0.05, 0) is 0 Å². The van der Waals surface area contributed by atoms with E-state index >= 15 is 4.39 Å². The summed E-state index contributed by atoms with van der Waals surface area (Å²) in [6.07, 6.45) is 9.07. The van der Waals surface area contributed by atoms with Crippen LogP contribution >= 0.6 is 0 Å². The van der Waals surface area contributed by atoms with E-state index in [4.69, 9.17) is 0 Å². The summed E-state index contributed by atoms with van der Waals surface area (Å²) in [6, 6.07) is 10.0. The minimum atomic E-state index is -2.83.